The molecule has 0 bridgehead atoms. The number of likely N-dealkylation sites (N-methyl/N-ethyl adjacent to an activating group) is 1. The Morgan fingerprint density at radius 3 is 2.38 bits per heavy atom. The Morgan fingerprint density at radius 1 is 1.33 bits per heavy atom. The molecule has 0 spiro atoms. The number of nitrogens with one attached hydrogen (secondary N) is 1. The van der Waals surface area contributed by atoms with E-state index < -0.39 is 23.5 Å². The number of hydrogen-bond donors (Lipinski definition) is 1. The lowest BCUT2D eigenvalue weighted by atomic mass is 10.2. The number of carbonyl (C=O) groups is 1. The molecule has 0 aliphatic carbocycles. The van der Waals surface area contributed by atoms with E-state index in [-0.39, 0.29) is 5.91 Å². The smallest absolute Gasteiger partial charge is 0.262 e. The lowest BCUT2D eigenvalue weighted by molar-refractivity contribution is -0.135. The van der Waals surface area contributed by atoms with Crippen LogP contribution in [0.3, 0.4) is 0 Å². The van der Waals surface area contributed by atoms with Gasteiger partial charge in [0.1, 0.15) is 0 Å². The highest BCUT2D eigenvalue weighted by Gasteiger charge is 2.21. The molecule has 1 N–H and O–H groups in total. The molecule has 1 atom stereocenters. The van der Waals surface area contributed by atoms with Crippen LogP contribution in [-0.4, -0.2) is 37.6 Å². The third kappa shape index (κ3) is 4.97. The number of halogens is 2. The Morgan fingerprint density at radius 2 is 1.90 bits per heavy atom. The number of hydrogen-bond acceptors (Lipinski definition) is 3. The van der Waals surface area contributed by atoms with Gasteiger partial charge in [-0.2, -0.15) is 0 Å². The van der Waals surface area contributed by atoms with E-state index in [4.69, 9.17) is 4.74 Å². The summed E-state index contributed by atoms with van der Waals surface area (Å²) in [5.41, 5.74) is 0.498. The maximum Gasteiger partial charge on any atom is 0.262 e. The van der Waals surface area contributed by atoms with Crippen LogP contribution < -0.4 is 10.1 Å². The molecule has 0 heterocycles. The monoisotopic (exact) mass is 300 g/mol. The second-order valence-corrected chi connectivity index (χ2v) is 5.06. The van der Waals surface area contributed by atoms with Crippen molar-refractivity contribution in [1.29, 1.82) is 0 Å². The molecule has 1 aromatic carbocycles. The Balaban J connectivity index is 2.82. The van der Waals surface area contributed by atoms with Gasteiger partial charge in [-0.1, -0.05) is 6.92 Å². The van der Waals surface area contributed by atoms with Crippen molar-refractivity contribution < 1.29 is 18.3 Å². The minimum absolute atomic E-state index is 0.359. The van der Waals surface area contributed by atoms with Gasteiger partial charge in [0.15, 0.2) is 23.5 Å². The van der Waals surface area contributed by atoms with Gasteiger partial charge < -0.3 is 15.0 Å². The molecule has 0 aliphatic rings. The summed E-state index contributed by atoms with van der Waals surface area (Å²) in [5.74, 6) is -2.48. The maximum absolute atomic E-state index is 13.9. The summed E-state index contributed by atoms with van der Waals surface area (Å²) in [4.78, 5) is 13.0. The fourth-order valence-corrected chi connectivity index (χ4v) is 1.83. The Hall–Kier alpha value is -1.69. The largest absolute Gasteiger partial charge is 0.475 e. The van der Waals surface area contributed by atoms with Crippen LogP contribution in [-0.2, 0) is 11.3 Å². The average molecular weight is 300 g/mol. The zero-order valence-corrected chi connectivity index (χ0v) is 12.9. The van der Waals surface area contributed by atoms with Gasteiger partial charge in [0.2, 0.25) is 0 Å². The zero-order chi connectivity index (χ0) is 16.0. The second kappa shape index (κ2) is 7.93. The van der Waals surface area contributed by atoms with E-state index in [0.717, 1.165) is 13.0 Å². The highest BCUT2D eigenvalue weighted by Crippen LogP contribution is 2.24. The molecule has 1 amide bonds. The van der Waals surface area contributed by atoms with Crippen molar-refractivity contribution in [2.75, 3.05) is 20.6 Å². The fourth-order valence-electron chi connectivity index (χ4n) is 1.83. The van der Waals surface area contributed by atoms with Crippen molar-refractivity contribution in [3.63, 3.8) is 0 Å². The van der Waals surface area contributed by atoms with Crippen LogP contribution in [0, 0.1) is 11.6 Å². The number of nitrogens with zero attached hydrogens (tertiary/aromatic N) is 1. The summed E-state index contributed by atoms with van der Waals surface area (Å²) in [7, 11) is 3.11. The van der Waals surface area contributed by atoms with E-state index in [1.807, 2.05) is 6.92 Å². The number of carbonyl (C=O) groups excluding carboxylic acids is 1. The molecule has 0 saturated heterocycles. The fraction of sp³-hybridized carbons (Fsp3) is 0.533. The van der Waals surface area contributed by atoms with Crippen LogP contribution in [0.1, 0.15) is 25.8 Å². The number of ether oxygens (including phenoxy) is 1. The first-order valence-electron chi connectivity index (χ1n) is 6.93. The quantitative estimate of drug-likeness (QED) is 0.786. The van der Waals surface area contributed by atoms with Gasteiger partial charge in [0.25, 0.3) is 5.91 Å². The summed E-state index contributed by atoms with van der Waals surface area (Å²) in [6, 6.07) is 2.43. The molecule has 1 aromatic rings. The molecule has 0 aliphatic heterocycles. The topological polar surface area (TPSA) is 41.6 Å². The minimum Gasteiger partial charge on any atom is -0.475 e. The molecular formula is C15H22F2N2O2. The van der Waals surface area contributed by atoms with Crippen LogP contribution in [0.15, 0.2) is 12.1 Å². The van der Waals surface area contributed by atoms with Crippen LogP contribution in [0.5, 0.6) is 5.75 Å². The van der Waals surface area contributed by atoms with E-state index in [9.17, 15) is 13.6 Å². The SMILES string of the molecule is CCCNCc1cc(F)c(OC(C)C(=O)N(C)C)c(F)c1. The number of benzene rings is 1. The summed E-state index contributed by atoms with van der Waals surface area (Å²) in [6.45, 7) is 4.62. The summed E-state index contributed by atoms with van der Waals surface area (Å²) < 4.78 is 33.0. The molecule has 0 radical (unpaired) electrons. The van der Waals surface area contributed by atoms with Gasteiger partial charge in [0, 0.05) is 20.6 Å². The van der Waals surface area contributed by atoms with Crippen LogP contribution >= 0.6 is 0 Å². The molecule has 0 fully saturated rings. The predicted molar refractivity (Wildman–Crippen MR) is 77.1 cm³/mol. The van der Waals surface area contributed by atoms with Crippen molar-refractivity contribution in [3.05, 3.63) is 29.3 Å². The second-order valence-electron chi connectivity index (χ2n) is 5.06. The van der Waals surface area contributed by atoms with Crippen molar-refractivity contribution in [2.24, 2.45) is 0 Å². The molecule has 118 valence electrons. The summed E-state index contributed by atoms with van der Waals surface area (Å²) >= 11 is 0. The normalized spacial score (nSPS) is 12.1. The number of amides is 1. The zero-order valence-electron chi connectivity index (χ0n) is 12.9. The predicted octanol–water partition coefficient (Wildman–Crippen LogP) is 2.32. The third-order valence-corrected chi connectivity index (χ3v) is 2.90. The summed E-state index contributed by atoms with van der Waals surface area (Å²) in [5, 5.41) is 3.06. The lowest BCUT2D eigenvalue weighted by Crippen LogP contribution is -2.35. The Kier molecular flexibility index (Phi) is 6.55. The van der Waals surface area contributed by atoms with E-state index >= 15 is 0 Å². The molecule has 6 heteroatoms. The van der Waals surface area contributed by atoms with Gasteiger partial charge in [-0.3, -0.25) is 4.79 Å². The van der Waals surface area contributed by atoms with Crippen LogP contribution in [0.4, 0.5) is 8.78 Å². The van der Waals surface area contributed by atoms with E-state index in [1.165, 1.54) is 24.0 Å². The molecular weight excluding hydrogens is 278 g/mol. The molecule has 4 nitrogen and oxygen atoms in total. The first-order chi connectivity index (χ1) is 9.86. The third-order valence-electron chi connectivity index (χ3n) is 2.90. The van der Waals surface area contributed by atoms with Crippen molar-refractivity contribution in [3.8, 4) is 5.75 Å². The first kappa shape index (κ1) is 17.4. The standard InChI is InChI=1S/C15H22F2N2O2/c1-5-6-18-9-11-7-12(16)14(13(17)8-11)21-10(2)15(20)19(3)4/h7-8,10,18H,5-6,9H2,1-4H3. The van der Waals surface area contributed by atoms with E-state index in [0.29, 0.717) is 12.1 Å². The maximum atomic E-state index is 13.9. The molecule has 1 rings (SSSR count). The number of rotatable bonds is 7. The molecule has 0 aromatic heterocycles. The van der Waals surface area contributed by atoms with Gasteiger partial charge in [0.05, 0.1) is 0 Å². The lowest BCUT2D eigenvalue weighted by Gasteiger charge is -2.19. The molecule has 21 heavy (non-hydrogen) atoms. The minimum atomic E-state index is -0.951. The van der Waals surface area contributed by atoms with Crippen molar-refractivity contribution in [1.82, 2.24) is 10.2 Å². The molecule has 1 unspecified atom stereocenters. The van der Waals surface area contributed by atoms with Crippen molar-refractivity contribution >= 4 is 5.91 Å². The Labute approximate surface area is 124 Å². The van der Waals surface area contributed by atoms with Crippen LogP contribution in [0.2, 0.25) is 0 Å². The highest BCUT2D eigenvalue weighted by atomic mass is 19.1. The van der Waals surface area contributed by atoms with Gasteiger partial charge in [-0.25, -0.2) is 8.78 Å². The first-order valence-corrected chi connectivity index (χ1v) is 6.93. The average Bonchev–Trinajstić information content (AvgIpc) is 2.42. The molecule has 0 saturated carbocycles. The Bertz CT molecular complexity index is 470. The van der Waals surface area contributed by atoms with Gasteiger partial charge >= 0.3 is 0 Å². The summed E-state index contributed by atoms with van der Waals surface area (Å²) in [6.07, 6.45) is -0.0101. The van der Waals surface area contributed by atoms with Crippen molar-refractivity contribution in [2.45, 2.75) is 32.9 Å². The van der Waals surface area contributed by atoms with Gasteiger partial charge in [-0.15, -0.1) is 0 Å². The van der Waals surface area contributed by atoms with E-state index in [2.05, 4.69) is 5.32 Å². The highest BCUT2D eigenvalue weighted by molar-refractivity contribution is 5.80. The van der Waals surface area contributed by atoms with Crippen LogP contribution in [0.25, 0.3) is 0 Å². The van der Waals surface area contributed by atoms with Gasteiger partial charge in [-0.05, 0) is 37.6 Å². The van der Waals surface area contributed by atoms with E-state index in [1.54, 1.807) is 14.1 Å².